The van der Waals surface area contributed by atoms with Crippen molar-refractivity contribution in [2.24, 2.45) is 0 Å². The van der Waals surface area contributed by atoms with Gasteiger partial charge in [0.15, 0.2) is 0 Å². The highest BCUT2D eigenvalue weighted by atomic mass is 19.4. The average Bonchev–Trinajstić information content (AvgIpc) is 2.39. The van der Waals surface area contributed by atoms with E-state index in [2.05, 4.69) is 4.98 Å². The Morgan fingerprint density at radius 2 is 1.90 bits per heavy atom. The molecule has 0 aromatic carbocycles. The van der Waals surface area contributed by atoms with Gasteiger partial charge in [0.2, 0.25) is 0 Å². The number of pyridine rings is 1. The third-order valence-corrected chi connectivity index (χ3v) is 3.30. The number of carbonyl (C=O) groups is 2. The summed E-state index contributed by atoms with van der Waals surface area (Å²) in [5, 5.41) is 1.69. The number of carbonyl (C=O) groups excluding carboxylic acids is 2. The molecule has 0 spiro atoms. The second-order valence-electron chi connectivity index (χ2n) is 4.74. The van der Waals surface area contributed by atoms with Crippen LogP contribution in [0.4, 0.5) is 19.0 Å². The summed E-state index contributed by atoms with van der Waals surface area (Å²) in [6.07, 6.45) is -0.964. The number of rotatable bonds is 2. The molecule has 1 fully saturated rings. The Kier molecular flexibility index (Phi) is 4.06. The van der Waals surface area contributed by atoms with Crippen LogP contribution in [0.3, 0.4) is 0 Å². The van der Waals surface area contributed by atoms with Crippen molar-refractivity contribution in [3.63, 3.8) is 0 Å². The molecule has 2 rings (SSSR count). The first kappa shape index (κ1) is 14.5. The number of Topliss-reactive ketones (excluding diaryl/α,β-unsaturated/α-hetero) is 1. The molecule has 0 bridgehead atoms. The summed E-state index contributed by atoms with van der Waals surface area (Å²) in [7, 11) is 0. The van der Waals surface area contributed by atoms with Gasteiger partial charge in [-0.2, -0.15) is 13.2 Å². The molecular formula is C13H13F3N2O2. The van der Waals surface area contributed by atoms with Gasteiger partial charge in [-0.05, 0) is 30.4 Å². The van der Waals surface area contributed by atoms with Gasteiger partial charge in [-0.25, -0.2) is 4.98 Å². The van der Waals surface area contributed by atoms with Crippen LogP contribution in [0.2, 0.25) is 0 Å². The van der Waals surface area contributed by atoms with E-state index in [1.54, 1.807) is 11.4 Å². The van der Waals surface area contributed by atoms with E-state index in [4.69, 9.17) is 0 Å². The van der Waals surface area contributed by atoms with E-state index in [1.807, 2.05) is 0 Å². The van der Waals surface area contributed by atoms with Gasteiger partial charge in [-0.15, -0.1) is 0 Å². The Morgan fingerprint density at radius 3 is 2.40 bits per heavy atom. The maximum Gasteiger partial charge on any atom is 0.471 e. The molecule has 0 unspecified atom stereocenters. The van der Waals surface area contributed by atoms with Crippen LogP contribution < -0.4 is 5.32 Å². The van der Waals surface area contributed by atoms with Gasteiger partial charge in [0, 0.05) is 19.0 Å². The van der Waals surface area contributed by atoms with Crippen molar-refractivity contribution in [2.75, 3.05) is 5.32 Å². The highest BCUT2D eigenvalue weighted by Crippen LogP contribution is 2.31. The van der Waals surface area contributed by atoms with E-state index in [0.29, 0.717) is 12.8 Å². The first-order valence-corrected chi connectivity index (χ1v) is 6.22. The van der Waals surface area contributed by atoms with Gasteiger partial charge in [0.05, 0.1) is 0 Å². The number of aromatic nitrogens is 1. The molecular weight excluding hydrogens is 273 g/mol. The summed E-state index contributed by atoms with van der Waals surface area (Å²) in [4.78, 5) is 25.7. The van der Waals surface area contributed by atoms with Crippen molar-refractivity contribution in [3.8, 4) is 0 Å². The number of ketones is 1. The summed E-state index contributed by atoms with van der Waals surface area (Å²) >= 11 is 0. The van der Waals surface area contributed by atoms with Crippen molar-refractivity contribution >= 4 is 17.5 Å². The quantitative estimate of drug-likeness (QED) is 0.909. The van der Waals surface area contributed by atoms with Crippen LogP contribution in [0.15, 0.2) is 18.3 Å². The van der Waals surface area contributed by atoms with E-state index in [-0.39, 0.29) is 17.5 Å². The molecule has 1 aromatic rings. The number of alkyl halides is 3. The van der Waals surface area contributed by atoms with Gasteiger partial charge in [-0.1, -0.05) is 6.07 Å². The average molecular weight is 286 g/mol. The molecule has 1 aliphatic carbocycles. The molecule has 0 saturated heterocycles. The van der Waals surface area contributed by atoms with E-state index < -0.39 is 12.1 Å². The lowest BCUT2D eigenvalue weighted by atomic mass is 9.84. The van der Waals surface area contributed by atoms with E-state index >= 15 is 0 Å². The van der Waals surface area contributed by atoms with E-state index in [0.717, 1.165) is 18.4 Å². The lowest BCUT2D eigenvalue weighted by Crippen LogP contribution is -2.30. The molecule has 1 saturated carbocycles. The predicted octanol–water partition coefficient (Wildman–Crippen LogP) is 2.81. The number of hydrogen-bond donors (Lipinski definition) is 1. The molecule has 108 valence electrons. The largest absolute Gasteiger partial charge is 0.471 e. The van der Waals surface area contributed by atoms with Crippen LogP contribution in [0.1, 0.15) is 37.2 Å². The third kappa shape index (κ3) is 3.55. The smallest absolute Gasteiger partial charge is 0.303 e. The molecule has 1 amide bonds. The molecule has 20 heavy (non-hydrogen) atoms. The number of nitrogens with zero attached hydrogens (tertiary/aromatic N) is 1. The van der Waals surface area contributed by atoms with Crippen LogP contribution in [0, 0.1) is 0 Å². The fourth-order valence-corrected chi connectivity index (χ4v) is 2.18. The van der Waals surface area contributed by atoms with Crippen molar-refractivity contribution in [2.45, 2.75) is 37.8 Å². The van der Waals surface area contributed by atoms with Gasteiger partial charge >= 0.3 is 12.1 Å². The Labute approximate surface area is 113 Å². The fourth-order valence-electron chi connectivity index (χ4n) is 2.18. The second kappa shape index (κ2) is 5.60. The normalized spacial score (nSPS) is 17.1. The number of nitrogens with one attached hydrogen (secondary N) is 1. The Balaban J connectivity index is 2.00. The Morgan fingerprint density at radius 1 is 1.25 bits per heavy atom. The molecule has 1 aromatic heterocycles. The van der Waals surface area contributed by atoms with Gasteiger partial charge < -0.3 is 5.32 Å². The highest BCUT2D eigenvalue weighted by molar-refractivity contribution is 5.94. The summed E-state index contributed by atoms with van der Waals surface area (Å²) in [6, 6.07) is 2.98. The maximum absolute atomic E-state index is 12.1. The van der Waals surface area contributed by atoms with Crippen LogP contribution >= 0.6 is 0 Å². The topological polar surface area (TPSA) is 59.1 Å². The standard InChI is InChI=1S/C13H13F3N2O2/c14-13(15,16)12(20)18-11-6-3-9(7-17-11)8-1-4-10(19)5-2-8/h3,6-8H,1-2,4-5H2,(H,17,18,20). The second-order valence-corrected chi connectivity index (χ2v) is 4.74. The fraction of sp³-hybridized carbons (Fsp3) is 0.462. The van der Waals surface area contributed by atoms with Crippen LogP contribution in [-0.4, -0.2) is 22.9 Å². The van der Waals surface area contributed by atoms with E-state index in [9.17, 15) is 22.8 Å². The zero-order valence-electron chi connectivity index (χ0n) is 10.5. The summed E-state index contributed by atoms with van der Waals surface area (Å²) in [6.45, 7) is 0. The summed E-state index contributed by atoms with van der Waals surface area (Å²) in [5.74, 6) is -1.74. The SMILES string of the molecule is O=C1CCC(c2ccc(NC(=O)C(F)(F)F)nc2)CC1. The van der Waals surface area contributed by atoms with Crippen molar-refractivity contribution < 1.29 is 22.8 Å². The third-order valence-electron chi connectivity index (χ3n) is 3.30. The lowest BCUT2D eigenvalue weighted by molar-refractivity contribution is -0.167. The monoisotopic (exact) mass is 286 g/mol. The van der Waals surface area contributed by atoms with Gasteiger partial charge in [0.1, 0.15) is 11.6 Å². The molecule has 1 aliphatic rings. The van der Waals surface area contributed by atoms with Crippen molar-refractivity contribution in [3.05, 3.63) is 23.9 Å². The van der Waals surface area contributed by atoms with Gasteiger partial charge in [-0.3, -0.25) is 9.59 Å². The Bertz CT molecular complexity index is 501. The molecule has 4 nitrogen and oxygen atoms in total. The molecule has 0 atom stereocenters. The van der Waals surface area contributed by atoms with Crippen molar-refractivity contribution in [1.82, 2.24) is 4.98 Å². The minimum absolute atomic E-state index is 0.136. The first-order chi connectivity index (χ1) is 9.36. The first-order valence-electron chi connectivity index (χ1n) is 6.22. The Hall–Kier alpha value is -1.92. The zero-order valence-corrected chi connectivity index (χ0v) is 10.5. The minimum atomic E-state index is -4.93. The van der Waals surface area contributed by atoms with Gasteiger partial charge in [0.25, 0.3) is 0 Å². The van der Waals surface area contributed by atoms with E-state index in [1.165, 1.54) is 12.3 Å². The van der Waals surface area contributed by atoms with Crippen LogP contribution in [0.5, 0.6) is 0 Å². The van der Waals surface area contributed by atoms with Crippen LogP contribution in [-0.2, 0) is 9.59 Å². The van der Waals surface area contributed by atoms with Crippen LogP contribution in [0.25, 0.3) is 0 Å². The highest BCUT2D eigenvalue weighted by Gasteiger charge is 2.38. The number of halogens is 3. The maximum atomic E-state index is 12.1. The predicted molar refractivity (Wildman–Crippen MR) is 65.1 cm³/mol. The molecule has 0 radical (unpaired) electrons. The molecule has 1 heterocycles. The molecule has 7 heteroatoms. The lowest BCUT2D eigenvalue weighted by Gasteiger charge is -2.21. The zero-order chi connectivity index (χ0) is 14.8. The number of hydrogen-bond acceptors (Lipinski definition) is 3. The number of anilines is 1. The summed E-state index contributed by atoms with van der Waals surface area (Å²) < 4.78 is 36.2. The van der Waals surface area contributed by atoms with Crippen molar-refractivity contribution in [1.29, 1.82) is 0 Å². The molecule has 0 aliphatic heterocycles. The summed E-state index contributed by atoms with van der Waals surface area (Å²) in [5.41, 5.74) is 0.877. The number of amides is 1. The molecule has 1 N–H and O–H groups in total. The minimum Gasteiger partial charge on any atom is -0.303 e.